The van der Waals surface area contributed by atoms with Crippen LogP contribution in [-0.2, 0) is 17.8 Å². The van der Waals surface area contributed by atoms with Crippen molar-refractivity contribution in [3.63, 3.8) is 0 Å². The summed E-state index contributed by atoms with van der Waals surface area (Å²) in [5, 5.41) is 3.81. The van der Waals surface area contributed by atoms with Crippen LogP contribution in [0, 0.1) is 0 Å². The third-order valence-corrected chi connectivity index (χ3v) is 4.35. The summed E-state index contributed by atoms with van der Waals surface area (Å²) in [6.45, 7) is 0.776. The van der Waals surface area contributed by atoms with Crippen LogP contribution < -0.4 is 10.9 Å². The molecule has 0 aliphatic heterocycles. The number of halogens is 1. The Balaban J connectivity index is 1.95. The molecular weight excluding hydrogens is 354 g/mol. The zero-order valence-corrected chi connectivity index (χ0v) is 15.0. The first-order valence-corrected chi connectivity index (χ1v) is 8.49. The van der Waals surface area contributed by atoms with Crippen LogP contribution in [0.5, 0.6) is 0 Å². The predicted molar refractivity (Wildman–Crippen MR) is 101 cm³/mol. The lowest BCUT2D eigenvalue weighted by atomic mass is 10.2. The first-order chi connectivity index (χ1) is 12.6. The number of ether oxygens (including phenoxy) is 1. The number of rotatable bonds is 6. The van der Waals surface area contributed by atoms with Crippen molar-refractivity contribution in [1.82, 2.24) is 14.9 Å². The zero-order valence-electron chi connectivity index (χ0n) is 14.2. The third kappa shape index (κ3) is 3.76. The van der Waals surface area contributed by atoms with E-state index in [4.69, 9.17) is 16.3 Å². The Bertz CT molecular complexity index is 1000. The number of methoxy groups -OCH3 is 1. The molecule has 7 heteroatoms. The maximum Gasteiger partial charge on any atom is 0.287 e. The van der Waals surface area contributed by atoms with Gasteiger partial charge in [0.25, 0.3) is 11.5 Å². The molecule has 26 heavy (non-hydrogen) atoms. The Morgan fingerprint density at radius 2 is 1.92 bits per heavy atom. The maximum absolute atomic E-state index is 12.8. The zero-order chi connectivity index (χ0) is 18.5. The summed E-state index contributed by atoms with van der Waals surface area (Å²) >= 11 is 6.12. The molecule has 0 aliphatic carbocycles. The Labute approximate surface area is 155 Å². The number of amides is 1. The first kappa shape index (κ1) is 18.1. The average molecular weight is 372 g/mol. The fourth-order valence-corrected chi connectivity index (χ4v) is 2.83. The molecule has 0 radical (unpaired) electrons. The topological polar surface area (TPSA) is 73.2 Å². The second kappa shape index (κ2) is 8.12. The number of hydrogen-bond donors (Lipinski definition) is 1. The number of carbonyl (C=O) groups is 1. The molecular formula is C19H18ClN3O3. The molecule has 3 aromatic rings. The van der Waals surface area contributed by atoms with Gasteiger partial charge in [0.05, 0.1) is 24.1 Å². The third-order valence-electron chi connectivity index (χ3n) is 3.98. The number of benzene rings is 2. The molecule has 0 spiro atoms. The summed E-state index contributed by atoms with van der Waals surface area (Å²) in [6.07, 6.45) is 0. The minimum atomic E-state index is -0.441. The summed E-state index contributed by atoms with van der Waals surface area (Å²) in [5.74, 6) is -0.387. The van der Waals surface area contributed by atoms with Gasteiger partial charge in [0, 0.05) is 18.7 Å². The van der Waals surface area contributed by atoms with Gasteiger partial charge in [0.1, 0.15) is 0 Å². The molecule has 3 rings (SSSR count). The van der Waals surface area contributed by atoms with Crippen molar-refractivity contribution in [1.29, 1.82) is 0 Å². The SMILES string of the molecule is COCCn1c(C(=O)NCc2ccccc2Cl)nc2ccccc2c1=O. The van der Waals surface area contributed by atoms with Crippen LogP contribution in [0.1, 0.15) is 16.2 Å². The standard InChI is InChI=1S/C19H18ClN3O3/c1-26-11-10-23-17(22-16-9-5-3-7-14(16)19(23)25)18(24)21-12-13-6-2-4-8-15(13)20/h2-9H,10-12H2,1H3,(H,21,24). The fourth-order valence-electron chi connectivity index (χ4n) is 2.63. The van der Waals surface area contributed by atoms with Crippen LogP contribution in [0.3, 0.4) is 0 Å². The fraction of sp³-hybridized carbons (Fsp3) is 0.211. The Morgan fingerprint density at radius 1 is 1.19 bits per heavy atom. The molecule has 134 valence electrons. The molecule has 0 saturated carbocycles. The van der Waals surface area contributed by atoms with E-state index < -0.39 is 5.91 Å². The van der Waals surface area contributed by atoms with Crippen molar-refractivity contribution < 1.29 is 9.53 Å². The molecule has 2 aromatic carbocycles. The van der Waals surface area contributed by atoms with E-state index in [-0.39, 0.29) is 24.5 Å². The van der Waals surface area contributed by atoms with Gasteiger partial charge in [-0.25, -0.2) is 4.98 Å². The molecule has 0 aliphatic rings. The van der Waals surface area contributed by atoms with Crippen molar-refractivity contribution in [3.05, 3.63) is 75.3 Å². The normalized spacial score (nSPS) is 10.8. The van der Waals surface area contributed by atoms with Crippen molar-refractivity contribution in [2.24, 2.45) is 0 Å². The van der Waals surface area contributed by atoms with E-state index in [1.54, 1.807) is 30.3 Å². The molecule has 1 heterocycles. The molecule has 1 aromatic heterocycles. The number of aromatic nitrogens is 2. The summed E-state index contributed by atoms with van der Waals surface area (Å²) in [6, 6.07) is 14.2. The first-order valence-electron chi connectivity index (χ1n) is 8.12. The van der Waals surface area contributed by atoms with E-state index in [0.717, 1.165) is 5.56 Å². The van der Waals surface area contributed by atoms with E-state index in [1.165, 1.54) is 11.7 Å². The quantitative estimate of drug-likeness (QED) is 0.723. The lowest BCUT2D eigenvalue weighted by molar-refractivity contribution is 0.0931. The number of nitrogens with one attached hydrogen (secondary N) is 1. The summed E-state index contributed by atoms with van der Waals surface area (Å²) in [5.41, 5.74) is 0.999. The molecule has 0 fully saturated rings. The van der Waals surface area contributed by atoms with Gasteiger partial charge in [0.15, 0.2) is 0 Å². The lowest BCUT2D eigenvalue weighted by Crippen LogP contribution is -2.34. The van der Waals surface area contributed by atoms with Crippen LogP contribution in [-0.4, -0.2) is 29.2 Å². The lowest BCUT2D eigenvalue weighted by Gasteiger charge is -2.13. The molecule has 6 nitrogen and oxygen atoms in total. The van der Waals surface area contributed by atoms with E-state index in [2.05, 4.69) is 10.3 Å². The molecule has 0 saturated heterocycles. The number of nitrogens with zero attached hydrogens (tertiary/aromatic N) is 2. The molecule has 0 atom stereocenters. The van der Waals surface area contributed by atoms with Crippen LogP contribution in [0.2, 0.25) is 5.02 Å². The maximum atomic E-state index is 12.8. The van der Waals surface area contributed by atoms with Crippen molar-refractivity contribution in [2.75, 3.05) is 13.7 Å². The van der Waals surface area contributed by atoms with Crippen molar-refractivity contribution in [2.45, 2.75) is 13.1 Å². The van der Waals surface area contributed by atoms with E-state index in [9.17, 15) is 9.59 Å². The second-order valence-corrected chi connectivity index (χ2v) is 6.08. The Kier molecular flexibility index (Phi) is 5.65. The minimum absolute atomic E-state index is 0.0535. The van der Waals surface area contributed by atoms with Gasteiger partial charge in [-0.15, -0.1) is 0 Å². The highest BCUT2D eigenvalue weighted by Crippen LogP contribution is 2.14. The molecule has 1 N–H and O–H groups in total. The Hall–Kier alpha value is -2.70. The summed E-state index contributed by atoms with van der Waals surface area (Å²) < 4.78 is 6.40. The number of fused-ring (bicyclic) bond motifs is 1. The average Bonchev–Trinajstić information content (AvgIpc) is 2.66. The Morgan fingerprint density at radius 3 is 2.69 bits per heavy atom. The number of hydrogen-bond acceptors (Lipinski definition) is 4. The number of carbonyl (C=O) groups excluding carboxylic acids is 1. The van der Waals surface area contributed by atoms with Gasteiger partial charge in [-0.2, -0.15) is 0 Å². The highest BCUT2D eigenvalue weighted by molar-refractivity contribution is 6.31. The smallest absolute Gasteiger partial charge is 0.287 e. The molecule has 0 unspecified atom stereocenters. The number of para-hydroxylation sites is 1. The predicted octanol–water partition coefficient (Wildman–Crippen LogP) is 2.63. The van der Waals surface area contributed by atoms with Crippen LogP contribution in [0.4, 0.5) is 0 Å². The highest BCUT2D eigenvalue weighted by atomic mass is 35.5. The van der Waals surface area contributed by atoms with E-state index in [0.29, 0.717) is 22.5 Å². The summed E-state index contributed by atoms with van der Waals surface area (Å²) in [7, 11) is 1.54. The van der Waals surface area contributed by atoms with E-state index in [1.807, 2.05) is 18.2 Å². The van der Waals surface area contributed by atoms with Gasteiger partial charge < -0.3 is 10.1 Å². The van der Waals surface area contributed by atoms with Crippen molar-refractivity contribution in [3.8, 4) is 0 Å². The molecule has 1 amide bonds. The second-order valence-electron chi connectivity index (χ2n) is 5.68. The van der Waals surface area contributed by atoms with E-state index >= 15 is 0 Å². The highest BCUT2D eigenvalue weighted by Gasteiger charge is 2.17. The molecule has 0 bridgehead atoms. The van der Waals surface area contributed by atoms with Crippen LogP contribution in [0.25, 0.3) is 10.9 Å². The van der Waals surface area contributed by atoms with Gasteiger partial charge in [-0.05, 0) is 23.8 Å². The van der Waals surface area contributed by atoms with Crippen molar-refractivity contribution >= 4 is 28.4 Å². The van der Waals surface area contributed by atoms with Crippen LogP contribution >= 0.6 is 11.6 Å². The largest absolute Gasteiger partial charge is 0.383 e. The van der Waals surface area contributed by atoms with Gasteiger partial charge in [-0.1, -0.05) is 41.9 Å². The monoisotopic (exact) mass is 371 g/mol. The van der Waals surface area contributed by atoms with Crippen LogP contribution in [0.15, 0.2) is 53.3 Å². The van der Waals surface area contributed by atoms with Gasteiger partial charge in [0.2, 0.25) is 5.82 Å². The van der Waals surface area contributed by atoms with Gasteiger partial charge in [-0.3, -0.25) is 14.2 Å². The summed E-state index contributed by atoms with van der Waals surface area (Å²) in [4.78, 5) is 29.8. The van der Waals surface area contributed by atoms with Gasteiger partial charge >= 0.3 is 0 Å². The minimum Gasteiger partial charge on any atom is -0.383 e.